The average Bonchev–Trinajstić information content (AvgIpc) is 2.60. The molecule has 0 heterocycles. The smallest absolute Gasteiger partial charge is 0.322 e. The van der Waals surface area contributed by atoms with Crippen molar-refractivity contribution in [2.24, 2.45) is 0 Å². The lowest BCUT2D eigenvalue weighted by Gasteiger charge is -2.12. The van der Waals surface area contributed by atoms with E-state index in [9.17, 15) is 14.4 Å². The van der Waals surface area contributed by atoms with Crippen LogP contribution in [0.4, 0.5) is 5.69 Å². The maximum absolute atomic E-state index is 12.0. The van der Waals surface area contributed by atoms with E-state index in [0.29, 0.717) is 17.0 Å². The van der Waals surface area contributed by atoms with Crippen molar-refractivity contribution in [3.05, 3.63) is 59.2 Å². The maximum atomic E-state index is 12.0. The second-order valence-electron chi connectivity index (χ2n) is 5.71. The van der Waals surface area contributed by atoms with Crippen LogP contribution in [0.25, 0.3) is 0 Å². The minimum atomic E-state index is -1.12. The molecule has 0 aliphatic heterocycles. The Labute approximate surface area is 151 Å². The van der Waals surface area contributed by atoms with Crippen molar-refractivity contribution in [2.75, 3.05) is 18.5 Å². The van der Waals surface area contributed by atoms with Crippen molar-refractivity contribution in [2.45, 2.75) is 13.8 Å². The number of carbonyl (C=O) groups excluding carboxylic acids is 2. The Balaban J connectivity index is 1.89. The second kappa shape index (κ2) is 8.66. The number of aryl methyl sites for hydroxylation is 2. The lowest BCUT2D eigenvalue weighted by Crippen LogP contribution is -2.29. The van der Waals surface area contributed by atoms with Crippen molar-refractivity contribution in [1.82, 2.24) is 5.32 Å². The molecule has 2 aromatic carbocycles. The summed E-state index contributed by atoms with van der Waals surface area (Å²) in [4.78, 5) is 34.2. The van der Waals surface area contributed by atoms with E-state index < -0.39 is 18.4 Å². The molecule has 26 heavy (non-hydrogen) atoms. The Morgan fingerprint density at radius 1 is 1.00 bits per heavy atom. The van der Waals surface area contributed by atoms with E-state index >= 15 is 0 Å². The van der Waals surface area contributed by atoms with Gasteiger partial charge in [0.15, 0.2) is 6.61 Å². The minimum Gasteiger partial charge on any atom is -0.483 e. The topological polar surface area (TPSA) is 105 Å². The van der Waals surface area contributed by atoms with Gasteiger partial charge < -0.3 is 20.5 Å². The van der Waals surface area contributed by atoms with Gasteiger partial charge in [-0.25, -0.2) is 0 Å². The van der Waals surface area contributed by atoms with Gasteiger partial charge in [0.1, 0.15) is 12.3 Å². The van der Waals surface area contributed by atoms with E-state index in [1.807, 2.05) is 32.0 Å². The normalized spacial score (nSPS) is 10.1. The zero-order valence-electron chi connectivity index (χ0n) is 14.5. The number of hydrogen-bond acceptors (Lipinski definition) is 4. The molecule has 2 aromatic rings. The minimum absolute atomic E-state index is 0.132. The molecule has 7 heteroatoms. The third kappa shape index (κ3) is 5.34. The number of carboxylic acids is 1. The number of carboxylic acid groups (broad SMARTS) is 1. The van der Waals surface area contributed by atoms with Gasteiger partial charge in [0, 0.05) is 11.3 Å². The lowest BCUT2D eigenvalue weighted by atomic mass is 10.1. The molecular weight excluding hydrogens is 336 g/mol. The van der Waals surface area contributed by atoms with Crippen LogP contribution in [0.3, 0.4) is 0 Å². The molecule has 136 valence electrons. The first kappa shape index (κ1) is 19.0. The number of anilines is 1. The summed E-state index contributed by atoms with van der Waals surface area (Å²) in [6.07, 6.45) is 0. The molecule has 0 radical (unpaired) electrons. The van der Waals surface area contributed by atoms with Crippen molar-refractivity contribution in [3.8, 4) is 5.75 Å². The molecule has 0 saturated carbocycles. The van der Waals surface area contributed by atoms with Gasteiger partial charge in [0.25, 0.3) is 11.8 Å². The first-order chi connectivity index (χ1) is 12.4. The summed E-state index contributed by atoms with van der Waals surface area (Å²) in [6, 6.07) is 11.9. The number of carbonyl (C=O) groups is 3. The van der Waals surface area contributed by atoms with Crippen LogP contribution < -0.4 is 15.4 Å². The molecule has 0 fully saturated rings. The van der Waals surface area contributed by atoms with Crippen molar-refractivity contribution in [3.63, 3.8) is 0 Å². The number of rotatable bonds is 7. The third-order valence-corrected chi connectivity index (χ3v) is 3.59. The first-order valence-electron chi connectivity index (χ1n) is 7.95. The standard InChI is InChI=1S/C19H20N2O5/c1-12-4-3-5-13(2)18(12)26-11-16(22)21-15-8-6-14(7-9-15)19(25)20-10-17(23)24/h3-9H,10-11H2,1-2H3,(H,20,25)(H,21,22)(H,23,24). The fourth-order valence-corrected chi connectivity index (χ4v) is 2.32. The zero-order chi connectivity index (χ0) is 19.1. The Hall–Kier alpha value is -3.35. The molecule has 0 bridgehead atoms. The molecule has 0 atom stereocenters. The SMILES string of the molecule is Cc1cccc(C)c1OCC(=O)Nc1ccc(C(=O)NCC(=O)O)cc1. The van der Waals surface area contributed by atoms with Crippen LogP contribution in [0.2, 0.25) is 0 Å². The lowest BCUT2D eigenvalue weighted by molar-refractivity contribution is -0.135. The van der Waals surface area contributed by atoms with Crippen LogP contribution in [0.5, 0.6) is 5.75 Å². The number of hydrogen-bond donors (Lipinski definition) is 3. The maximum Gasteiger partial charge on any atom is 0.322 e. The van der Waals surface area contributed by atoms with Gasteiger partial charge >= 0.3 is 5.97 Å². The number of amides is 2. The molecule has 7 nitrogen and oxygen atoms in total. The number of ether oxygens (including phenoxy) is 1. The molecule has 2 rings (SSSR count). The molecule has 0 saturated heterocycles. The van der Waals surface area contributed by atoms with E-state index in [1.54, 1.807) is 12.1 Å². The number of para-hydroxylation sites is 1. The Morgan fingerprint density at radius 2 is 1.62 bits per heavy atom. The van der Waals surface area contributed by atoms with Crippen LogP contribution in [0.1, 0.15) is 21.5 Å². The Bertz CT molecular complexity index is 795. The van der Waals surface area contributed by atoms with Crippen LogP contribution in [-0.2, 0) is 9.59 Å². The quantitative estimate of drug-likeness (QED) is 0.705. The average molecular weight is 356 g/mol. The summed E-state index contributed by atoms with van der Waals surface area (Å²) in [6.45, 7) is 3.24. The highest BCUT2D eigenvalue weighted by atomic mass is 16.5. The molecule has 2 amide bonds. The highest BCUT2D eigenvalue weighted by Gasteiger charge is 2.09. The number of aliphatic carboxylic acids is 1. The second-order valence-corrected chi connectivity index (χ2v) is 5.71. The van der Waals surface area contributed by atoms with Crippen molar-refractivity contribution in [1.29, 1.82) is 0 Å². The van der Waals surface area contributed by atoms with Gasteiger partial charge in [-0.3, -0.25) is 14.4 Å². The molecular formula is C19H20N2O5. The van der Waals surface area contributed by atoms with Crippen LogP contribution in [-0.4, -0.2) is 36.0 Å². The van der Waals surface area contributed by atoms with Crippen molar-refractivity contribution >= 4 is 23.5 Å². The first-order valence-corrected chi connectivity index (χ1v) is 7.95. The molecule has 0 aliphatic rings. The summed E-state index contributed by atoms with van der Waals surface area (Å²) in [5, 5.41) is 13.5. The van der Waals surface area contributed by atoms with Gasteiger partial charge in [-0.1, -0.05) is 18.2 Å². The number of nitrogens with one attached hydrogen (secondary N) is 2. The van der Waals surface area contributed by atoms with E-state index in [0.717, 1.165) is 11.1 Å². The summed E-state index contributed by atoms with van der Waals surface area (Å²) < 4.78 is 5.59. The zero-order valence-corrected chi connectivity index (χ0v) is 14.5. The van der Waals surface area contributed by atoms with Crippen LogP contribution in [0, 0.1) is 13.8 Å². The predicted molar refractivity (Wildman–Crippen MR) is 96.5 cm³/mol. The summed E-state index contributed by atoms with van der Waals surface area (Å²) in [5.41, 5.74) is 2.72. The summed E-state index contributed by atoms with van der Waals surface area (Å²) in [5.74, 6) is -1.25. The molecule has 0 aliphatic carbocycles. The van der Waals surface area contributed by atoms with E-state index in [-0.39, 0.29) is 12.5 Å². The highest BCUT2D eigenvalue weighted by Crippen LogP contribution is 2.22. The van der Waals surface area contributed by atoms with Gasteiger partial charge in [0.2, 0.25) is 0 Å². The van der Waals surface area contributed by atoms with Crippen LogP contribution in [0.15, 0.2) is 42.5 Å². The summed E-state index contributed by atoms with van der Waals surface area (Å²) in [7, 11) is 0. The Kier molecular flexibility index (Phi) is 6.32. The molecule has 0 aromatic heterocycles. The van der Waals surface area contributed by atoms with Crippen LogP contribution >= 0.6 is 0 Å². The molecule has 0 spiro atoms. The third-order valence-electron chi connectivity index (χ3n) is 3.59. The van der Waals surface area contributed by atoms with Crippen molar-refractivity contribution < 1.29 is 24.2 Å². The fraction of sp³-hybridized carbons (Fsp3) is 0.211. The molecule has 3 N–H and O–H groups in total. The van der Waals surface area contributed by atoms with E-state index in [1.165, 1.54) is 12.1 Å². The Morgan fingerprint density at radius 3 is 2.19 bits per heavy atom. The highest BCUT2D eigenvalue weighted by molar-refractivity contribution is 5.97. The van der Waals surface area contributed by atoms with Gasteiger partial charge in [-0.05, 0) is 49.2 Å². The van der Waals surface area contributed by atoms with Gasteiger partial charge in [-0.2, -0.15) is 0 Å². The number of benzene rings is 2. The summed E-state index contributed by atoms with van der Waals surface area (Å²) >= 11 is 0. The van der Waals surface area contributed by atoms with Gasteiger partial charge in [-0.15, -0.1) is 0 Å². The largest absolute Gasteiger partial charge is 0.483 e. The monoisotopic (exact) mass is 356 g/mol. The van der Waals surface area contributed by atoms with E-state index in [4.69, 9.17) is 9.84 Å². The van der Waals surface area contributed by atoms with E-state index in [2.05, 4.69) is 10.6 Å². The molecule has 0 unspecified atom stereocenters. The fourth-order valence-electron chi connectivity index (χ4n) is 2.32. The van der Waals surface area contributed by atoms with Gasteiger partial charge in [0.05, 0.1) is 0 Å². The predicted octanol–water partition coefficient (Wildman–Crippen LogP) is 2.14.